The predicted octanol–water partition coefficient (Wildman–Crippen LogP) is 2.36. The predicted molar refractivity (Wildman–Crippen MR) is 62.5 cm³/mol. The Morgan fingerprint density at radius 3 is 2.76 bits per heavy atom. The maximum absolute atomic E-state index is 11.6. The fourth-order valence-corrected chi connectivity index (χ4v) is 1.84. The van der Waals surface area contributed by atoms with Crippen molar-refractivity contribution in [1.82, 2.24) is 4.98 Å². The number of nitrogens with one attached hydrogen (secondary N) is 1. The summed E-state index contributed by atoms with van der Waals surface area (Å²) in [6.07, 6.45) is 1.24. The number of rotatable bonds is 2. The summed E-state index contributed by atoms with van der Waals surface area (Å²) < 4.78 is 5.25. The molecular formula is C13H10N2O2. The number of esters is 1. The minimum Gasteiger partial charge on any atom is -0.434 e. The number of carbonyl (C=O) groups excluding carboxylic acids is 1. The average Bonchev–Trinajstić information content (AvgIpc) is 2.69. The SMILES string of the molecule is O=C1O[C@H](Nc2ccccn2)c2ccccc21. The highest BCUT2D eigenvalue weighted by Crippen LogP contribution is 2.30. The smallest absolute Gasteiger partial charge is 0.340 e. The quantitative estimate of drug-likeness (QED) is 0.799. The molecule has 0 saturated carbocycles. The Labute approximate surface area is 98.3 Å². The Morgan fingerprint density at radius 1 is 1.12 bits per heavy atom. The van der Waals surface area contributed by atoms with Crippen LogP contribution in [0.5, 0.6) is 0 Å². The van der Waals surface area contributed by atoms with Crippen LogP contribution in [0.1, 0.15) is 22.1 Å². The summed E-state index contributed by atoms with van der Waals surface area (Å²) in [5.74, 6) is 0.385. The number of cyclic esters (lactones) is 1. The van der Waals surface area contributed by atoms with Crippen molar-refractivity contribution >= 4 is 11.8 Å². The van der Waals surface area contributed by atoms with E-state index in [2.05, 4.69) is 10.3 Å². The van der Waals surface area contributed by atoms with Gasteiger partial charge in [-0.1, -0.05) is 24.3 Å². The molecule has 0 aliphatic carbocycles. The molecule has 1 aromatic heterocycles. The second-order valence-electron chi connectivity index (χ2n) is 3.73. The molecule has 0 bridgehead atoms. The molecule has 84 valence electrons. The zero-order valence-electron chi connectivity index (χ0n) is 8.96. The first-order valence-electron chi connectivity index (χ1n) is 5.32. The number of aromatic nitrogens is 1. The third-order valence-electron chi connectivity index (χ3n) is 2.63. The maximum atomic E-state index is 11.6. The lowest BCUT2D eigenvalue weighted by Crippen LogP contribution is -2.11. The van der Waals surface area contributed by atoms with Crippen LogP contribution in [-0.4, -0.2) is 11.0 Å². The van der Waals surface area contributed by atoms with Crippen molar-refractivity contribution in [2.75, 3.05) is 5.32 Å². The van der Waals surface area contributed by atoms with E-state index in [9.17, 15) is 4.79 Å². The van der Waals surface area contributed by atoms with Crippen molar-refractivity contribution in [3.8, 4) is 0 Å². The zero-order chi connectivity index (χ0) is 11.7. The molecule has 2 heterocycles. The van der Waals surface area contributed by atoms with E-state index in [-0.39, 0.29) is 5.97 Å². The summed E-state index contributed by atoms with van der Waals surface area (Å²) in [5.41, 5.74) is 1.46. The molecule has 1 N–H and O–H groups in total. The van der Waals surface area contributed by atoms with Crippen LogP contribution < -0.4 is 5.32 Å². The Balaban J connectivity index is 1.90. The number of anilines is 1. The molecule has 4 nitrogen and oxygen atoms in total. The molecule has 1 aliphatic rings. The average molecular weight is 226 g/mol. The summed E-state index contributed by atoms with van der Waals surface area (Å²) in [7, 11) is 0. The molecule has 0 amide bonds. The molecule has 1 aliphatic heterocycles. The van der Waals surface area contributed by atoms with Gasteiger partial charge in [-0.2, -0.15) is 0 Å². The fourth-order valence-electron chi connectivity index (χ4n) is 1.84. The molecule has 0 saturated heterocycles. The van der Waals surface area contributed by atoms with E-state index in [1.54, 1.807) is 12.3 Å². The van der Waals surface area contributed by atoms with Gasteiger partial charge in [0.05, 0.1) is 5.56 Å². The molecule has 2 aromatic rings. The van der Waals surface area contributed by atoms with Gasteiger partial charge in [0.1, 0.15) is 5.82 Å². The zero-order valence-corrected chi connectivity index (χ0v) is 8.96. The van der Waals surface area contributed by atoms with Crippen molar-refractivity contribution in [3.63, 3.8) is 0 Å². The third kappa shape index (κ3) is 1.73. The summed E-state index contributed by atoms with van der Waals surface area (Å²) in [6, 6.07) is 12.9. The van der Waals surface area contributed by atoms with Crippen molar-refractivity contribution in [2.45, 2.75) is 6.23 Å². The number of ether oxygens (including phenoxy) is 1. The molecule has 4 heteroatoms. The Bertz CT molecular complexity index is 554. The van der Waals surface area contributed by atoms with Gasteiger partial charge < -0.3 is 10.1 Å². The molecule has 0 fully saturated rings. The van der Waals surface area contributed by atoms with Gasteiger partial charge in [0.2, 0.25) is 6.23 Å². The van der Waals surface area contributed by atoms with E-state index in [4.69, 9.17) is 4.74 Å². The number of carbonyl (C=O) groups is 1. The first-order chi connectivity index (χ1) is 8.34. The lowest BCUT2D eigenvalue weighted by Gasteiger charge is -2.12. The molecular weight excluding hydrogens is 216 g/mol. The van der Waals surface area contributed by atoms with Gasteiger partial charge in [-0.3, -0.25) is 0 Å². The first-order valence-corrected chi connectivity index (χ1v) is 5.32. The van der Waals surface area contributed by atoms with E-state index < -0.39 is 6.23 Å². The van der Waals surface area contributed by atoms with Crippen LogP contribution in [-0.2, 0) is 4.74 Å². The van der Waals surface area contributed by atoms with Crippen molar-refractivity contribution < 1.29 is 9.53 Å². The Hall–Kier alpha value is -2.36. The van der Waals surface area contributed by atoms with Crippen LogP contribution >= 0.6 is 0 Å². The second kappa shape index (κ2) is 3.90. The molecule has 0 unspecified atom stereocenters. The van der Waals surface area contributed by atoms with Gasteiger partial charge in [-0.25, -0.2) is 9.78 Å². The minimum absolute atomic E-state index is 0.297. The molecule has 0 radical (unpaired) electrons. The molecule has 0 spiro atoms. The summed E-state index contributed by atoms with van der Waals surface area (Å²) >= 11 is 0. The van der Waals surface area contributed by atoms with Crippen molar-refractivity contribution in [1.29, 1.82) is 0 Å². The van der Waals surface area contributed by atoms with Crippen LogP contribution in [0.15, 0.2) is 48.7 Å². The molecule has 1 atom stereocenters. The van der Waals surface area contributed by atoms with Crippen LogP contribution in [0.3, 0.4) is 0 Å². The number of fused-ring (bicyclic) bond motifs is 1. The van der Waals surface area contributed by atoms with Gasteiger partial charge in [0.25, 0.3) is 0 Å². The molecule has 3 rings (SSSR count). The minimum atomic E-state index is -0.450. The summed E-state index contributed by atoms with van der Waals surface area (Å²) in [5, 5.41) is 3.07. The highest BCUT2D eigenvalue weighted by atomic mass is 16.6. The van der Waals surface area contributed by atoms with E-state index in [0.717, 1.165) is 5.56 Å². The van der Waals surface area contributed by atoms with E-state index in [0.29, 0.717) is 11.4 Å². The van der Waals surface area contributed by atoms with E-state index in [1.807, 2.05) is 36.4 Å². The van der Waals surface area contributed by atoms with Crippen molar-refractivity contribution in [3.05, 3.63) is 59.8 Å². The number of benzene rings is 1. The highest BCUT2D eigenvalue weighted by molar-refractivity contribution is 5.94. The largest absolute Gasteiger partial charge is 0.434 e. The lowest BCUT2D eigenvalue weighted by molar-refractivity contribution is 0.0436. The van der Waals surface area contributed by atoms with Gasteiger partial charge in [0, 0.05) is 11.8 Å². The van der Waals surface area contributed by atoms with Crippen LogP contribution in [0.25, 0.3) is 0 Å². The van der Waals surface area contributed by atoms with E-state index >= 15 is 0 Å². The van der Waals surface area contributed by atoms with E-state index in [1.165, 1.54) is 0 Å². The van der Waals surface area contributed by atoms with Crippen LogP contribution in [0, 0.1) is 0 Å². The fraction of sp³-hybridized carbons (Fsp3) is 0.0769. The van der Waals surface area contributed by atoms with Crippen molar-refractivity contribution in [2.24, 2.45) is 0 Å². The third-order valence-corrected chi connectivity index (χ3v) is 2.63. The van der Waals surface area contributed by atoms with Gasteiger partial charge >= 0.3 is 5.97 Å². The second-order valence-corrected chi connectivity index (χ2v) is 3.73. The maximum Gasteiger partial charge on any atom is 0.340 e. The topological polar surface area (TPSA) is 51.2 Å². The normalized spacial score (nSPS) is 17.4. The monoisotopic (exact) mass is 226 g/mol. The highest BCUT2D eigenvalue weighted by Gasteiger charge is 2.30. The Kier molecular flexibility index (Phi) is 2.26. The first kappa shape index (κ1) is 9.84. The summed E-state index contributed by atoms with van der Waals surface area (Å²) in [6.45, 7) is 0. The number of hydrogen-bond acceptors (Lipinski definition) is 4. The number of pyridine rings is 1. The van der Waals surface area contributed by atoms with Crippen LogP contribution in [0.2, 0.25) is 0 Å². The van der Waals surface area contributed by atoms with Crippen LogP contribution in [0.4, 0.5) is 5.82 Å². The molecule has 1 aromatic carbocycles. The van der Waals surface area contributed by atoms with Gasteiger partial charge in [0.15, 0.2) is 0 Å². The number of hydrogen-bond donors (Lipinski definition) is 1. The lowest BCUT2D eigenvalue weighted by atomic mass is 10.1. The number of nitrogens with zero attached hydrogens (tertiary/aromatic N) is 1. The van der Waals surface area contributed by atoms with Gasteiger partial charge in [-0.15, -0.1) is 0 Å². The standard InChI is InChI=1S/C13H10N2O2/c16-13-10-6-2-1-5-9(10)12(17-13)15-11-7-3-4-8-14-11/h1-8,12H,(H,14,15)/t12-/m0/s1. The Morgan fingerprint density at radius 2 is 1.94 bits per heavy atom. The molecule has 17 heavy (non-hydrogen) atoms. The summed E-state index contributed by atoms with van der Waals surface area (Å²) in [4.78, 5) is 15.7. The van der Waals surface area contributed by atoms with Gasteiger partial charge in [-0.05, 0) is 18.2 Å².